The van der Waals surface area contributed by atoms with Crippen LogP contribution in [0, 0.1) is 0 Å². The third-order valence-electron chi connectivity index (χ3n) is 4.21. The van der Waals surface area contributed by atoms with Gasteiger partial charge < -0.3 is 9.87 Å². The topological polar surface area (TPSA) is 52.6 Å². The predicted molar refractivity (Wildman–Crippen MR) is 74.9 cm³/mol. The summed E-state index contributed by atoms with van der Waals surface area (Å²) in [6.07, 6.45) is 9.61. The molecule has 1 saturated carbocycles. The largest absolute Gasteiger partial charge is 0.314 e. The minimum absolute atomic E-state index is 0.167. The van der Waals surface area contributed by atoms with Crippen LogP contribution in [0.15, 0.2) is 0 Å². The number of hydrogen-bond acceptors (Lipinski definition) is 3. The average molecular weight is 274 g/mol. The van der Waals surface area contributed by atoms with Crippen LogP contribution in [0.5, 0.6) is 0 Å². The van der Waals surface area contributed by atoms with Gasteiger partial charge >= 0.3 is 0 Å². The third-order valence-corrected chi connectivity index (χ3v) is 5.21. The molecule has 2 fully saturated rings. The molecule has 1 aliphatic carbocycles. The highest BCUT2D eigenvalue weighted by Gasteiger charge is 2.25. The minimum Gasteiger partial charge on any atom is -0.314 e. The maximum absolute atomic E-state index is 11.5. The van der Waals surface area contributed by atoms with E-state index in [4.69, 9.17) is 0 Å². The Morgan fingerprint density at radius 1 is 1.17 bits per heavy atom. The number of nitrogens with zero attached hydrogens (tertiary/aromatic N) is 1. The Labute approximate surface area is 113 Å². The van der Waals surface area contributed by atoms with Crippen LogP contribution in [0.2, 0.25) is 0 Å². The lowest BCUT2D eigenvalue weighted by molar-refractivity contribution is 0.197. The van der Waals surface area contributed by atoms with Gasteiger partial charge in [-0.1, -0.05) is 19.3 Å². The van der Waals surface area contributed by atoms with Gasteiger partial charge in [-0.2, -0.15) is 0 Å². The van der Waals surface area contributed by atoms with Crippen molar-refractivity contribution in [2.45, 2.75) is 62.8 Å². The lowest BCUT2D eigenvalue weighted by atomic mass is 10.1. The fraction of sp³-hybridized carbons (Fsp3) is 1.00. The van der Waals surface area contributed by atoms with Gasteiger partial charge in [0.2, 0.25) is 0 Å². The molecule has 0 radical (unpaired) electrons. The molecule has 0 aromatic rings. The zero-order valence-corrected chi connectivity index (χ0v) is 12.0. The van der Waals surface area contributed by atoms with Crippen LogP contribution in [0.3, 0.4) is 0 Å². The van der Waals surface area contributed by atoms with Gasteiger partial charge in [-0.15, -0.1) is 0 Å². The average Bonchev–Trinajstić information content (AvgIpc) is 2.88. The van der Waals surface area contributed by atoms with Crippen LogP contribution >= 0.6 is 0 Å². The van der Waals surface area contributed by atoms with Crippen molar-refractivity contribution in [3.63, 3.8) is 0 Å². The first-order valence-electron chi connectivity index (χ1n) is 7.34. The van der Waals surface area contributed by atoms with Gasteiger partial charge in [0.25, 0.3) is 0 Å². The third kappa shape index (κ3) is 4.30. The molecule has 0 bridgehead atoms. The monoisotopic (exact) mass is 274 g/mol. The molecular formula is C13H26N2O2S. The molecular weight excluding hydrogens is 248 g/mol. The van der Waals surface area contributed by atoms with Gasteiger partial charge in [0.1, 0.15) is 5.37 Å². The molecule has 1 heterocycles. The summed E-state index contributed by atoms with van der Waals surface area (Å²) in [5.74, 6) is 0. The number of likely N-dealkylation sites (tertiary alicyclic amines) is 1. The standard InChI is InChI=1S/C13H26N2O2S/c16-18(17)13(15-10-4-1-5-11-15)8-9-14-12-6-2-3-7-12/h12-14H,1-11H2,(H,16,17). The van der Waals surface area contributed by atoms with Gasteiger partial charge in [-0.3, -0.25) is 4.90 Å². The van der Waals surface area contributed by atoms with Crippen molar-refractivity contribution in [1.82, 2.24) is 10.2 Å². The van der Waals surface area contributed by atoms with Crippen LogP contribution in [0.4, 0.5) is 0 Å². The molecule has 4 nitrogen and oxygen atoms in total. The smallest absolute Gasteiger partial charge is 0.170 e. The van der Waals surface area contributed by atoms with Gasteiger partial charge in [0, 0.05) is 6.04 Å². The maximum Gasteiger partial charge on any atom is 0.170 e. The van der Waals surface area contributed by atoms with Crippen molar-refractivity contribution < 1.29 is 8.76 Å². The lowest BCUT2D eigenvalue weighted by Crippen LogP contribution is -2.43. The quantitative estimate of drug-likeness (QED) is 0.727. The number of piperidine rings is 1. The summed E-state index contributed by atoms with van der Waals surface area (Å²) in [6.45, 7) is 2.85. The first-order chi connectivity index (χ1) is 8.77. The number of nitrogens with one attached hydrogen (secondary N) is 1. The van der Waals surface area contributed by atoms with Crippen LogP contribution in [-0.2, 0) is 11.1 Å². The first-order valence-corrected chi connectivity index (χ1v) is 8.51. The van der Waals surface area contributed by atoms with Crippen molar-refractivity contribution >= 4 is 11.1 Å². The minimum atomic E-state index is -1.72. The highest BCUT2D eigenvalue weighted by atomic mass is 32.2. The summed E-state index contributed by atoms with van der Waals surface area (Å²) in [6, 6.07) is 0.652. The van der Waals surface area contributed by atoms with E-state index >= 15 is 0 Å². The second-order valence-corrected chi connectivity index (χ2v) is 6.65. The summed E-state index contributed by atoms with van der Waals surface area (Å²) < 4.78 is 20.9. The highest BCUT2D eigenvalue weighted by molar-refractivity contribution is 7.79. The highest BCUT2D eigenvalue weighted by Crippen LogP contribution is 2.19. The molecule has 2 rings (SSSR count). The molecule has 0 aromatic carbocycles. The Kier molecular flexibility index (Phi) is 6.08. The van der Waals surface area contributed by atoms with Crippen molar-refractivity contribution in [3.8, 4) is 0 Å². The van der Waals surface area contributed by atoms with Crippen molar-refractivity contribution in [1.29, 1.82) is 0 Å². The Hall–Kier alpha value is 0.0300. The van der Waals surface area contributed by atoms with Crippen molar-refractivity contribution in [2.75, 3.05) is 19.6 Å². The summed E-state index contributed by atoms with van der Waals surface area (Å²) in [7, 11) is 0. The second kappa shape index (κ2) is 7.58. The molecule has 0 amide bonds. The van der Waals surface area contributed by atoms with Crippen molar-refractivity contribution in [2.24, 2.45) is 0 Å². The van der Waals surface area contributed by atoms with E-state index in [0.29, 0.717) is 6.04 Å². The van der Waals surface area contributed by atoms with E-state index in [1.54, 1.807) is 0 Å². The fourth-order valence-corrected chi connectivity index (χ4v) is 3.94. The van der Waals surface area contributed by atoms with E-state index < -0.39 is 11.1 Å². The molecule has 1 saturated heterocycles. The zero-order valence-electron chi connectivity index (χ0n) is 11.1. The Balaban J connectivity index is 1.73. The Morgan fingerprint density at radius 3 is 2.44 bits per heavy atom. The molecule has 2 unspecified atom stereocenters. The molecule has 2 atom stereocenters. The van der Waals surface area contributed by atoms with Gasteiger partial charge in [-0.25, -0.2) is 4.21 Å². The Bertz CT molecular complexity index is 264. The van der Waals surface area contributed by atoms with Gasteiger partial charge in [0.05, 0.1) is 0 Å². The van der Waals surface area contributed by atoms with E-state index in [1.807, 2.05) is 0 Å². The zero-order chi connectivity index (χ0) is 12.8. The summed E-state index contributed by atoms with van der Waals surface area (Å²) in [5, 5.41) is 3.37. The predicted octanol–water partition coefficient (Wildman–Crippen LogP) is 1.94. The summed E-state index contributed by atoms with van der Waals surface area (Å²) >= 11 is -1.72. The maximum atomic E-state index is 11.5. The molecule has 0 spiro atoms. The van der Waals surface area contributed by atoms with E-state index in [2.05, 4.69) is 10.2 Å². The lowest BCUT2D eigenvalue weighted by Gasteiger charge is -2.32. The fourth-order valence-electron chi connectivity index (χ4n) is 3.16. The van der Waals surface area contributed by atoms with Gasteiger partial charge in [-0.05, 0) is 51.7 Å². The number of rotatable bonds is 6. The summed E-state index contributed by atoms with van der Waals surface area (Å²) in [5.41, 5.74) is 0. The molecule has 2 aliphatic rings. The van der Waals surface area contributed by atoms with E-state index in [-0.39, 0.29) is 5.37 Å². The van der Waals surface area contributed by atoms with E-state index in [9.17, 15) is 8.76 Å². The van der Waals surface area contributed by atoms with Crippen LogP contribution < -0.4 is 5.32 Å². The molecule has 5 heteroatoms. The first kappa shape index (κ1) is 14.4. The van der Waals surface area contributed by atoms with E-state index in [0.717, 1.165) is 26.1 Å². The molecule has 2 N–H and O–H groups in total. The molecule has 106 valence electrons. The molecule has 1 aliphatic heterocycles. The molecule has 0 aromatic heterocycles. The van der Waals surface area contributed by atoms with Crippen LogP contribution in [0.25, 0.3) is 0 Å². The summed E-state index contributed by atoms with van der Waals surface area (Å²) in [4.78, 5) is 2.20. The normalized spacial score (nSPS) is 26.3. The SMILES string of the molecule is O=S(O)C(CCNC1CCCC1)N1CCCCC1. The van der Waals surface area contributed by atoms with Gasteiger partial charge in [0.15, 0.2) is 11.1 Å². The van der Waals surface area contributed by atoms with Crippen LogP contribution in [0.1, 0.15) is 51.4 Å². The Morgan fingerprint density at radius 2 is 1.83 bits per heavy atom. The van der Waals surface area contributed by atoms with Crippen LogP contribution in [-0.4, -0.2) is 44.7 Å². The van der Waals surface area contributed by atoms with E-state index in [1.165, 1.54) is 44.9 Å². The molecule has 18 heavy (non-hydrogen) atoms. The second-order valence-electron chi connectivity index (χ2n) is 5.55. The van der Waals surface area contributed by atoms with Crippen molar-refractivity contribution in [3.05, 3.63) is 0 Å². The number of hydrogen-bond donors (Lipinski definition) is 2.